The highest BCUT2D eigenvalue weighted by molar-refractivity contribution is 6.05. The molecule has 0 atom stereocenters. The van der Waals surface area contributed by atoms with E-state index in [1.807, 2.05) is 6.92 Å². The van der Waals surface area contributed by atoms with Gasteiger partial charge in [0.05, 0.1) is 12.8 Å². The van der Waals surface area contributed by atoms with Crippen molar-refractivity contribution in [1.29, 1.82) is 0 Å². The van der Waals surface area contributed by atoms with E-state index in [-0.39, 0.29) is 5.91 Å². The number of ether oxygens (including phenoxy) is 1. The molecule has 5 N–H and O–H groups in total. The lowest BCUT2D eigenvalue weighted by Crippen LogP contribution is -2.14. The smallest absolute Gasteiger partial charge is 0.255 e. The molecule has 2 aromatic carbocycles. The standard InChI is InChI=1S/C15H17N3O2/c1-9-7-12(17)8-13(20-2)14(9)18-15(19)10-3-5-11(16)6-4-10/h3-8H,16-17H2,1-2H3,(H,18,19). The number of nitrogens with one attached hydrogen (secondary N) is 1. The quantitative estimate of drug-likeness (QED) is 0.748. The van der Waals surface area contributed by atoms with Gasteiger partial charge in [-0.25, -0.2) is 0 Å². The summed E-state index contributed by atoms with van der Waals surface area (Å²) in [4.78, 5) is 12.2. The molecule has 0 saturated carbocycles. The molecule has 5 heteroatoms. The number of nitrogens with two attached hydrogens (primary N) is 2. The lowest BCUT2D eigenvalue weighted by molar-refractivity contribution is 0.102. The molecule has 0 heterocycles. The molecule has 0 aliphatic carbocycles. The number of amides is 1. The maximum atomic E-state index is 12.2. The average Bonchev–Trinajstić information content (AvgIpc) is 2.42. The van der Waals surface area contributed by atoms with Crippen LogP contribution in [0.4, 0.5) is 17.1 Å². The summed E-state index contributed by atoms with van der Waals surface area (Å²) < 4.78 is 5.25. The molecule has 0 radical (unpaired) electrons. The first-order chi connectivity index (χ1) is 9.51. The predicted molar refractivity (Wildman–Crippen MR) is 81.0 cm³/mol. The Morgan fingerprint density at radius 2 is 1.75 bits per heavy atom. The van der Waals surface area contributed by atoms with Crippen LogP contribution in [0.1, 0.15) is 15.9 Å². The highest BCUT2D eigenvalue weighted by atomic mass is 16.5. The van der Waals surface area contributed by atoms with E-state index in [2.05, 4.69) is 5.32 Å². The van der Waals surface area contributed by atoms with Crippen molar-refractivity contribution in [2.45, 2.75) is 6.92 Å². The van der Waals surface area contributed by atoms with E-state index < -0.39 is 0 Å². The number of rotatable bonds is 3. The summed E-state index contributed by atoms with van der Waals surface area (Å²) in [7, 11) is 1.53. The Labute approximate surface area is 117 Å². The van der Waals surface area contributed by atoms with Crippen molar-refractivity contribution in [3.63, 3.8) is 0 Å². The van der Waals surface area contributed by atoms with Crippen LogP contribution < -0.4 is 21.5 Å². The van der Waals surface area contributed by atoms with Gasteiger partial charge in [0, 0.05) is 23.0 Å². The Morgan fingerprint density at radius 1 is 1.10 bits per heavy atom. The number of methoxy groups -OCH3 is 1. The SMILES string of the molecule is COc1cc(N)cc(C)c1NC(=O)c1ccc(N)cc1. The lowest BCUT2D eigenvalue weighted by Gasteiger charge is -2.14. The van der Waals surface area contributed by atoms with Crippen molar-refractivity contribution < 1.29 is 9.53 Å². The topological polar surface area (TPSA) is 90.4 Å². The maximum absolute atomic E-state index is 12.2. The Kier molecular flexibility index (Phi) is 3.79. The molecule has 0 saturated heterocycles. The second-order valence-electron chi connectivity index (χ2n) is 4.49. The molecule has 0 spiro atoms. The molecule has 2 rings (SSSR count). The molecule has 0 fully saturated rings. The number of nitrogen functional groups attached to an aromatic ring is 2. The minimum Gasteiger partial charge on any atom is -0.494 e. The van der Waals surface area contributed by atoms with E-state index in [9.17, 15) is 4.79 Å². The zero-order valence-electron chi connectivity index (χ0n) is 11.4. The molecule has 1 amide bonds. The number of aryl methyl sites for hydroxylation is 1. The van der Waals surface area contributed by atoms with Crippen LogP contribution in [0.3, 0.4) is 0 Å². The van der Waals surface area contributed by atoms with Gasteiger partial charge in [-0.15, -0.1) is 0 Å². The van der Waals surface area contributed by atoms with E-state index >= 15 is 0 Å². The monoisotopic (exact) mass is 271 g/mol. The summed E-state index contributed by atoms with van der Waals surface area (Å²) in [5.74, 6) is 0.308. The van der Waals surface area contributed by atoms with Gasteiger partial charge in [-0.2, -0.15) is 0 Å². The van der Waals surface area contributed by atoms with Crippen molar-refractivity contribution >= 4 is 23.0 Å². The van der Waals surface area contributed by atoms with Crippen LogP contribution in [-0.4, -0.2) is 13.0 Å². The fraction of sp³-hybridized carbons (Fsp3) is 0.133. The van der Waals surface area contributed by atoms with Crippen LogP contribution in [0.5, 0.6) is 5.75 Å². The Hall–Kier alpha value is -2.69. The molecular weight excluding hydrogens is 254 g/mol. The number of anilines is 3. The Morgan fingerprint density at radius 3 is 2.35 bits per heavy atom. The summed E-state index contributed by atoms with van der Waals surface area (Å²) >= 11 is 0. The summed E-state index contributed by atoms with van der Waals surface area (Å²) in [6, 6.07) is 10.2. The maximum Gasteiger partial charge on any atom is 0.255 e. The van der Waals surface area contributed by atoms with Crippen LogP contribution in [0, 0.1) is 6.92 Å². The van der Waals surface area contributed by atoms with Gasteiger partial charge >= 0.3 is 0 Å². The minimum atomic E-state index is -0.226. The largest absolute Gasteiger partial charge is 0.494 e. The van der Waals surface area contributed by atoms with Crippen molar-refractivity contribution in [1.82, 2.24) is 0 Å². The molecule has 0 aliphatic rings. The lowest BCUT2D eigenvalue weighted by atomic mass is 10.1. The number of carbonyl (C=O) groups excluding carboxylic acids is 1. The molecule has 0 unspecified atom stereocenters. The molecular formula is C15H17N3O2. The number of hydrogen-bond acceptors (Lipinski definition) is 4. The molecule has 0 aromatic heterocycles. The van der Waals surface area contributed by atoms with Crippen molar-refractivity contribution in [3.05, 3.63) is 47.5 Å². The van der Waals surface area contributed by atoms with E-state index in [0.29, 0.717) is 28.4 Å². The van der Waals surface area contributed by atoms with Gasteiger partial charge in [0.15, 0.2) is 0 Å². The first kappa shape index (κ1) is 13.7. The molecule has 104 valence electrons. The molecule has 0 bridgehead atoms. The first-order valence-electron chi connectivity index (χ1n) is 6.12. The Bertz CT molecular complexity index is 636. The third kappa shape index (κ3) is 2.83. The van der Waals surface area contributed by atoms with E-state index in [1.54, 1.807) is 36.4 Å². The number of carbonyl (C=O) groups is 1. The van der Waals surface area contributed by atoms with Gasteiger partial charge in [0.2, 0.25) is 0 Å². The normalized spacial score (nSPS) is 10.1. The molecule has 0 aliphatic heterocycles. The fourth-order valence-corrected chi connectivity index (χ4v) is 1.92. The van der Waals surface area contributed by atoms with Crippen molar-refractivity contribution in [2.75, 3.05) is 23.9 Å². The highest BCUT2D eigenvalue weighted by Crippen LogP contribution is 2.31. The third-order valence-electron chi connectivity index (χ3n) is 2.95. The van der Waals surface area contributed by atoms with Crippen LogP contribution >= 0.6 is 0 Å². The fourth-order valence-electron chi connectivity index (χ4n) is 1.92. The summed E-state index contributed by atoms with van der Waals surface area (Å²) in [6.07, 6.45) is 0. The summed E-state index contributed by atoms with van der Waals surface area (Å²) in [5.41, 5.74) is 14.5. The van der Waals surface area contributed by atoms with E-state index in [0.717, 1.165) is 5.56 Å². The van der Waals surface area contributed by atoms with Crippen LogP contribution in [0.25, 0.3) is 0 Å². The van der Waals surface area contributed by atoms with Gasteiger partial charge in [-0.05, 0) is 42.8 Å². The minimum absolute atomic E-state index is 0.226. The van der Waals surface area contributed by atoms with Gasteiger partial charge in [-0.3, -0.25) is 4.79 Å². The van der Waals surface area contributed by atoms with Gasteiger partial charge in [0.1, 0.15) is 5.75 Å². The van der Waals surface area contributed by atoms with Crippen molar-refractivity contribution in [3.8, 4) is 5.75 Å². The summed E-state index contributed by atoms with van der Waals surface area (Å²) in [6.45, 7) is 1.86. The molecule has 5 nitrogen and oxygen atoms in total. The van der Waals surface area contributed by atoms with E-state index in [1.165, 1.54) is 7.11 Å². The number of benzene rings is 2. The van der Waals surface area contributed by atoms with Crippen LogP contribution in [-0.2, 0) is 0 Å². The zero-order chi connectivity index (χ0) is 14.7. The number of hydrogen-bond donors (Lipinski definition) is 3. The van der Waals surface area contributed by atoms with Crippen LogP contribution in [0.15, 0.2) is 36.4 Å². The predicted octanol–water partition coefficient (Wildman–Crippen LogP) is 2.42. The van der Waals surface area contributed by atoms with Crippen molar-refractivity contribution in [2.24, 2.45) is 0 Å². The summed E-state index contributed by atoms with van der Waals surface area (Å²) in [5, 5.41) is 2.83. The second kappa shape index (κ2) is 5.52. The van der Waals surface area contributed by atoms with Gasteiger partial charge < -0.3 is 21.5 Å². The van der Waals surface area contributed by atoms with Gasteiger partial charge in [-0.1, -0.05) is 0 Å². The molecule has 20 heavy (non-hydrogen) atoms. The first-order valence-corrected chi connectivity index (χ1v) is 6.12. The second-order valence-corrected chi connectivity index (χ2v) is 4.49. The molecule has 2 aromatic rings. The van der Waals surface area contributed by atoms with Gasteiger partial charge in [0.25, 0.3) is 5.91 Å². The van der Waals surface area contributed by atoms with Crippen LogP contribution in [0.2, 0.25) is 0 Å². The van der Waals surface area contributed by atoms with E-state index in [4.69, 9.17) is 16.2 Å². The zero-order valence-corrected chi connectivity index (χ0v) is 11.4. The third-order valence-corrected chi connectivity index (χ3v) is 2.95. The highest BCUT2D eigenvalue weighted by Gasteiger charge is 2.12. The average molecular weight is 271 g/mol. The Balaban J connectivity index is 2.30.